The van der Waals surface area contributed by atoms with Gasteiger partial charge < -0.3 is 4.74 Å². The SMILES string of the molecule is CC.COc1cc(Br)cc2cnc(Cl)nc12. The minimum absolute atomic E-state index is 0.220. The van der Waals surface area contributed by atoms with Gasteiger partial charge in [0.25, 0.3) is 0 Å². The van der Waals surface area contributed by atoms with Crippen LogP contribution in [0, 0.1) is 0 Å². The maximum absolute atomic E-state index is 5.70. The summed E-state index contributed by atoms with van der Waals surface area (Å²) in [6.45, 7) is 4.00. The van der Waals surface area contributed by atoms with Gasteiger partial charge in [-0.25, -0.2) is 9.97 Å². The molecule has 0 N–H and O–H groups in total. The van der Waals surface area contributed by atoms with Crippen molar-refractivity contribution < 1.29 is 4.74 Å². The van der Waals surface area contributed by atoms with Crippen molar-refractivity contribution in [3.05, 3.63) is 28.1 Å². The number of hydrogen-bond donors (Lipinski definition) is 0. The molecule has 0 saturated heterocycles. The van der Waals surface area contributed by atoms with Gasteiger partial charge in [0.05, 0.1) is 7.11 Å². The first-order valence-corrected chi connectivity index (χ1v) is 6.03. The van der Waals surface area contributed by atoms with Crippen molar-refractivity contribution >= 4 is 38.4 Å². The van der Waals surface area contributed by atoms with Gasteiger partial charge >= 0.3 is 0 Å². The minimum Gasteiger partial charge on any atom is -0.494 e. The maximum Gasteiger partial charge on any atom is 0.223 e. The second-order valence-electron chi connectivity index (χ2n) is 2.68. The molecular formula is C11H12BrClN2O. The molecule has 2 aromatic rings. The average molecular weight is 304 g/mol. The lowest BCUT2D eigenvalue weighted by Crippen LogP contribution is -1.90. The van der Waals surface area contributed by atoms with E-state index in [2.05, 4.69) is 25.9 Å². The largest absolute Gasteiger partial charge is 0.494 e. The fraction of sp³-hybridized carbons (Fsp3) is 0.273. The lowest BCUT2D eigenvalue weighted by atomic mass is 10.2. The number of hydrogen-bond acceptors (Lipinski definition) is 3. The van der Waals surface area contributed by atoms with Crippen LogP contribution in [0.2, 0.25) is 5.28 Å². The molecule has 86 valence electrons. The van der Waals surface area contributed by atoms with Crippen LogP contribution in [0.25, 0.3) is 10.9 Å². The number of ether oxygens (including phenoxy) is 1. The highest BCUT2D eigenvalue weighted by Crippen LogP contribution is 2.28. The number of benzene rings is 1. The van der Waals surface area contributed by atoms with Crippen LogP contribution in [0.5, 0.6) is 5.75 Å². The molecule has 1 heterocycles. The quantitative estimate of drug-likeness (QED) is 0.745. The maximum atomic E-state index is 5.70. The van der Waals surface area contributed by atoms with Crippen molar-refractivity contribution in [2.45, 2.75) is 13.8 Å². The molecule has 1 aromatic carbocycles. The summed E-state index contributed by atoms with van der Waals surface area (Å²) >= 11 is 9.07. The summed E-state index contributed by atoms with van der Waals surface area (Å²) < 4.78 is 6.11. The molecule has 0 aliphatic heterocycles. The van der Waals surface area contributed by atoms with Crippen LogP contribution in [0.1, 0.15) is 13.8 Å². The van der Waals surface area contributed by atoms with E-state index in [9.17, 15) is 0 Å². The summed E-state index contributed by atoms with van der Waals surface area (Å²) in [6.07, 6.45) is 1.66. The fourth-order valence-corrected chi connectivity index (χ4v) is 1.80. The van der Waals surface area contributed by atoms with Gasteiger partial charge in [-0.1, -0.05) is 29.8 Å². The normalized spacial score (nSPS) is 9.56. The lowest BCUT2D eigenvalue weighted by Gasteiger charge is -2.04. The van der Waals surface area contributed by atoms with Crippen molar-refractivity contribution in [3.8, 4) is 5.75 Å². The van der Waals surface area contributed by atoms with Gasteiger partial charge in [-0.15, -0.1) is 0 Å². The standard InChI is InChI=1S/C9H6BrClN2O.C2H6/c1-14-7-3-6(10)2-5-4-12-9(11)13-8(5)7;1-2/h2-4H,1H3;1-2H3. The molecule has 0 amide bonds. The molecule has 0 fully saturated rings. The second-order valence-corrected chi connectivity index (χ2v) is 3.94. The Balaban J connectivity index is 0.000000606. The fourth-order valence-electron chi connectivity index (χ4n) is 1.21. The number of methoxy groups -OCH3 is 1. The molecule has 2 rings (SSSR count). The van der Waals surface area contributed by atoms with E-state index in [0.717, 1.165) is 15.4 Å². The smallest absolute Gasteiger partial charge is 0.223 e. The van der Waals surface area contributed by atoms with Gasteiger partial charge in [-0.2, -0.15) is 0 Å². The monoisotopic (exact) mass is 302 g/mol. The van der Waals surface area contributed by atoms with E-state index in [-0.39, 0.29) is 5.28 Å². The Labute approximate surface area is 108 Å². The average Bonchev–Trinajstić information content (AvgIpc) is 2.31. The molecule has 0 aliphatic carbocycles. The zero-order chi connectivity index (χ0) is 12.1. The third-order valence-corrected chi connectivity index (χ3v) is 2.44. The summed E-state index contributed by atoms with van der Waals surface area (Å²) in [5, 5.41) is 1.11. The molecule has 3 nitrogen and oxygen atoms in total. The Hall–Kier alpha value is -0.870. The first-order valence-electron chi connectivity index (χ1n) is 4.86. The molecule has 0 unspecified atom stereocenters. The van der Waals surface area contributed by atoms with Crippen molar-refractivity contribution in [3.63, 3.8) is 0 Å². The summed E-state index contributed by atoms with van der Waals surface area (Å²) in [6, 6.07) is 3.75. The van der Waals surface area contributed by atoms with E-state index in [1.165, 1.54) is 0 Å². The minimum atomic E-state index is 0.220. The van der Waals surface area contributed by atoms with Crippen LogP contribution in [0.4, 0.5) is 0 Å². The highest BCUT2D eigenvalue weighted by atomic mass is 79.9. The molecular weight excluding hydrogens is 291 g/mol. The number of nitrogens with zero attached hydrogens (tertiary/aromatic N) is 2. The zero-order valence-corrected chi connectivity index (χ0v) is 11.6. The van der Waals surface area contributed by atoms with Crippen molar-refractivity contribution in [1.29, 1.82) is 0 Å². The van der Waals surface area contributed by atoms with Gasteiger partial charge in [-0.05, 0) is 23.7 Å². The molecule has 0 bridgehead atoms. The Morgan fingerprint density at radius 1 is 1.31 bits per heavy atom. The zero-order valence-electron chi connectivity index (χ0n) is 9.29. The number of halogens is 2. The second kappa shape index (κ2) is 6.01. The summed E-state index contributed by atoms with van der Waals surface area (Å²) in [4.78, 5) is 8.00. The van der Waals surface area contributed by atoms with Crippen LogP contribution in [-0.4, -0.2) is 17.1 Å². The van der Waals surface area contributed by atoms with Crippen molar-refractivity contribution in [1.82, 2.24) is 9.97 Å². The van der Waals surface area contributed by atoms with Gasteiger partial charge in [0.1, 0.15) is 11.3 Å². The first-order chi connectivity index (χ1) is 7.70. The van der Waals surface area contributed by atoms with E-state index in [1.807, 2.05) is 26.0 Å². The summed E-state index contributed by atoms with van der Waals surface area (Å²) in [5.41, 5.74) is 0.718. The van der Waals surface area contributed by atoms with E-state index in [1.54, 1.807) is 13.3 Å². The van der Waals surface area contributed by atoms with E-state index >= 15 is 0 Å². The summed E-state index contributed by atoms with van der Waals surface area (Å²) in [7, 11) is 1.59. The number of rotatable bonds is 1. The molecule has 0 saturated carbocycles. The Morgan fingerprint density at radius 2 is 2.00 bits per heavy atom. The Kier molecular flexibility index (Phi) is 4.96. The van der Waals surface area contributed by atoms with Crippen LogP contribution >= 0.6 is 27.5 Å². The highest BCUT2D eigenvalue weighted by Gasteiger charge is 2.05. The van der Waals surface area contributed by atoms with Crippen LogP contribution in [-0.2, 0) is 0 Å². The first kappa shape index (κ1) is 13.2. The van der Waals surface area contributed by atoms with E-state index in [4.69, 9.17) is 16.3 Å². The number of fused-ring (bicyclic) bond motifs is 1. The van der Waals surface area contributed by atoms with Crippen molar-refractivity contribution in [2.24, 2.45) is 0 Å². The molecule has 1 aromatic heterocycles. The van der Waals surface area contributed by atoms with Gasteiger partial charge in [-0.3, -0.25) is 0 Å². The molecule has 0 radical (unpaired) electrons. The Morgan fingerprint density at radius 3 is 2.62 bits per heavy atom. The third kappa shape index (κ3) is 2.83. The van der Waals surface area contributed by atoms with E-state index < -0.39 is 0 Å². The Bertz CT molecular complexity index is 491. The predicted octanol–water partition coefficient (Wildman–Crippen LogP) is 4.08. The van der Waals surface area contributed by atoms with Crippen LogP contribution in [0.15, 0.2) is 22.8 Å². The molecule has 0 spiro atoms. The van der Waals surface area contributed by atoms with Crippen LogP contribution < -0.4 is 4.74 Å². The molecule has 5 heteroatoms. The lowest BCUT2D eigenvalue weighted by molar-refractivity contribution is 0.418. The summed E-state index contributed by atoms with van der Waals surface area (Å²) in [5.74, 6) is 0.679. The number of aromatic nitrogens is 2. The topological polar surface area (TPSA) is 35.0 Å². The predicted molar refractivity (Wildman–Crippen MR) is 70.1 cm³/mol. The molecule has 0 atom stereocenters. The van der Waals surface area contributed by atoms with Crippen molar-refractivity contribution in [2.75, 3.05) is 7.11 Å². The van der Waals surface area contributed by atoms with Gasteiger partial charge in [0, 0.05) is 16.1 Å². The highest BCUT2D eigenvalue weighted by molar-refractivity contribution is 9.10. The van der Waals surface area contributed by atoms with Gasteiger partial charge in [0.2, 0.25) is 5.28 Å². The van der Waals surface area contributed by atoms with E-state index in [0.29, 0.717) is 5.75 Å². The van der Waals surface area contributed by atoms with Gasteiger partial charge in [0.15, 0.2) is 0 Å². The van der Waals surface area contributed by atoms with Crippen LogP contribution in [0.3, 0.4) is 0 Å². The third-order valence-electron chi connectivity index (χ3n) is 1.80. The molecule has 16 heavy (non-hydrogen) atoms. The molecule has 0 aliphatic rings.